The van der Waals surface area contributed by atoms with Crippen LogP contribution in [0.25, 0.3) is 0 Å². The van der Waals surface area contributed by atoms with Crippen LogP contribution in [0.15, 0.2) is 66.9 Å². The Morgan fingerprint density at radius 2 is 1.77 bits per heavy atom. The highest BCUT2D eigenvalue weighted by atomic mass is 19.1. The molecule has 0 aliphatic heterocycles. The SMILES string of the molecule is CNC(=O)c1cccc(C(CCNC(=O)c2ccc(O)nc2)c2ccc(F)cc2)c1. The lowest BCUT2D eigenvalue weighted by Gasteiger charge is -2.19. The Morgan fingerprint density at radius 1 is 1.00 bits per heavy atom. The number of nitrogens with zero attached hydrogens (tertiary/aromatic N) is 1. The van der Waals surface area contributed by atoms with Crippen molar-refractivity contribution in [1.29, 1.82) is 0 Å². The third-order valence-corrected chi connectivity index (χ3v) is 4.78. The first-order valence-corrected chi connectivity index (χ1v) is 9.48. The van der Waals surface area contributed by atoms with Crippen LogP contribution in [-0.2, 0) is 0 Å². The van der Waals surface area contributed by atoms with E-state index in [1.165, 1.54) is 30.5 Å². The molecule has 0 spiro atoms. The Balaban J connectivity index is 1.78. The average Bonchev–Trinajstić information content (AvgIpc) is 2.77. The highest BCUT2D eigenvalue weighted by Gasteiger charge is 2.17. The summed E-state index contributed by atoms with van der Waals surface area (Å²) in [5, 5.41) is 14.7. The molecule has 3 aromatic rings. The van der Waals surface area contributed by atoms with Gasteiger partial charge in [0.25, 0.3) is 11.8 Å². The number of nitrogens with one attached hydrogen (secondary N) is 2. The second kappa shape index (κ2) is 9.65. The zero-order valence-corrected chi connectivity index (χ0v) is 16.4. The first-order chi connectivity index (χ1) is 14.5. The lowest BCUT2D eigenvalue weighted by molar-refractivity contribution is 0.0948. The molecule has 0 fully saturated rings. The summed E-state index contributed by atoms with van der Waals surface area (Å²) >= 11 is 0. The van der Waals surface area contributed by atoms with Gasteiger partial charge < -0.3 is 15.7 Å². The van der Waals surface area contributed by atoms with Crippen LogP contribution in [0.2, 0.25) is 0 Å². The topological polar surface area (TPSA) is 91.3 Å². The minimum atomic E-state index is -0.329. The fraction of sp³-hybridized carbons (Fsp3) is 0.174. The van der Waals surface area contributed by atoms with Crippen LogP contribution in [0.3, 0.4) is 0 Å². The number of halogens is 1. The van der Waals surface area contributed by atoms with E-state index in [1.807, 2.05) is 6.07 Å². The van der Waals surface area contributed by atoms with Gasteiger partial charge in [0.05, 0.1) is 5.56 Å². The zero-order valence-electron chi connectivity index (χ0n) is 16.4. The Labute approximate surface area is 173 Å². The van der Waals surface area contributed by atoms with Gasteiger partial charge in [0.2, 0.25) is 5.88 Å². The van der Waals surface area contributed by atoms with Gasteiger partial charge in [-0.3, -0.25) is 9.59 Å². The number of aromatic hydroxyl groups is 1. The van der Waals surface area contributed by atoms with E-state index in [1.54, 1.807) is 37.4 Å². The summed E-state index contributed by atoms with van der Waals surface area (Å²) in [5.74, 6) is -1.13. The molecule has 2 aromatic carbocycles. The summed E-state index contributed by atoms with van der Waals surface area (Å²) in [5.41, 5.74) is 2.64. The van der Waals surface area contributed by atoms with Gasteiger partial charge in [0.15, 0.2) is 0 Å². The quantitative estimate of drug-likeness (QED) is 0.561. The second-order valence-corrected chi connectivity index (χ2v) is 6.76. The van der Waals surface area contributed by atoms with E-state index in [-0.39, 0.29) is 29.4 Å². The van der Waals surface area contributed by atoms with E-state index in [9.17, 15) is 19.1 Å². The molecule has 0 bridgehead atoms. The van der Waals surface area contributed by atoms with Gasteiger partial charge in [-0.1, -0.05) is 24.3 Å². The predicted octanol–water partition coefficient (Wildman–Crippen LogP) is 3.24. The molecular weight excluding hydrogens is 385 g/mol. The molecule has 7 heteroatoms. The van der Waals surface area contributed by atoms with Gasteiger partial charge in [-0.2, -0.15) is 0 Å². The number of amides is 2. The molecule has 1 aromatic heterocycles. The van der Waals surface area contributed by atoms with E-state index in [2.05, 4.69) is 15.6 Å². The summed E-state index contributed by atoms with van der Waals surface area (Å²) in [7, 11) is 1.57. The van der Waals surface area contributed by atoms with E-state index in [0.717, 1.165) is 11.1 Å². The monoisotopic (exact) mass is 407 g/mol. The maximum atomic E-state index is 13.4. The lowest BCUT2D eigenvalue weighted by atomic mass is 9.87. The van der Waals surface area contributed by atoms with Gasteiger partial charge in [0.1, 0.15) is 5.82 Å². The maximum absolute atomic E-state index is 13.4. The van der Waals surface area contributed by atoms with Crippen molar-refractivity contribution in [1.82, 2.24) is 15.6 Å². The molecule has 0 aliphatic carbocycles. The van der Waals surface area contributed by atoms with Crippen LogP contribution in [0.1, 0.15) is 44.2 Å². The highest BCUT2D eigenvalue weighted by molar-refractivity contribution is 5.94. The Kier molecular flexibility index (Phi) is 6.75. The zero-order chi connectivity index (χ0) is 21.5. The number of carbonyl (C=O) groups is 2. The summed E-state index contributed by atoms with van der Waals surface area (Å²) < 4.78 is 13.4. The van der Waals surface area contributed by atoms with Crippen molar-refractivity contribution >= 4 is 11.8 Å². The maximum Gasteiger partial charge on any atom is 0.252 e. The van der Waals surface area contributed by atoms with Crippen LogP contribution in [0.5, 0.6) is 5.88 Å². The first-order valence-electron chi connectivity index (χ1n) is 9.48. The summed E-state index contributed by atoms with van der Waals surface area (Å²) in [6.07, 6.45) is 1.84. The van der Waals surface area contributed by atoms with Gasteiger partial charge >= 0.3 is 0 Å². The fourth-order valence-electron chi connectivity index (χ4n) is 3.21. The molecule has 0 radical (unpaired) electrons. The fourth-order valence-corrected chi connectivity index (χ4v) is 3.21. The van der Waals surface area contributed by atoms with Crippen LogP contribution in [0.4, 0.5) is 4.39 Å². The molecular formula is C23H22FN3O3. The van der Waals surface area contributed by atoms with Crippen LogP contribution < -0.4 is 10.6 Å². The van der Waals surface area contributed by atoms with Crippen LogP contribution >= 0.6 is 0 Å². The van der Waals surface area contributed by atoms with Crippen LogP contribution in [0, 0.1) is 5.82 Å². The van der Waals surface area contributed by atoms with Gasteiger partial charge in [-0.05, 0) is 47.9 Å². The number of benzene rings is 2. The summed E-state index contributed by atoms with van der Waals surface area (Å²) in [6, 6.07) is 16.3. The number of hydrogen-bond donors (Lipinski definition) is 3. The molecule has 6 nitrogen and oxygen atoms in total. The van der Waals surface area contributed by atoms with Crippen molar-refractivity contribution in [3.63, 3.8) is 0 Å². The molecule has 1 atom stereocenters. The molecule has 1 unspecified atom stereocenters. The highest BCUT2D eigenvalue weighted by Crippen LogP contribution is 2.28. The van der Waals surface area contributed by atoms with Crippen molar-refractivity contribution in [3.05, 3.63) is 94.9 Å². The predicted molar refractivity (Wildman–Crippen MR) is 111 cm³/mol. The number of carbonyl (C=O) groups excluding carboxylic acids is 2. The van der Waals surface area contributed by atoms with Crippen molar-refractivity contribution in [2.75, 3.05) is 13.6 Å². The van der Waals surface area contributed by atoms with E-state index < -0.39 is 0 Å². The Bertz CT molecular complexity index is 1020. The Hall–Kier alpha value is -3.74. The van der Waals surface area contributed by atoms with Crippen molar-refractivity contribution in [2.24, 2.45) is 0 Å². The van der Waals surface area contributed by atoms with Gasteiger partial charge in [-0.15, -0.1) is 0 Å². The number of hydrogen-bond acceptors (Lipinski definition) is 4. The van der Waals surface area contributed by atoms with E-state index in [0.29, 0.717) is 24.1 Å². The number of rotatable bonds is 7. The molecule has 2 amide bonds. The smallest absolute Gasteiger partial charge is 0.252 e. The molecule has 154 valence electrons. The molecule has 0 saturated heterocycles. The molecule has 30 heavy (non-hydrogen) atoms. The molecule has 1 heterocycles. The van der Waals surface area contributed by atoms with Crippen LogP contribution in [-0.4, -0.2) is 35.5 Å². The average molecular weight is 407 g/mol. The second-order valence-electron chi connectivity index (χ2n) is 6.76. The minimum absolute atomic E-state index is 0.145. The lowest BCUT2D eigenvalue weighted by Crippen LogP contribution is -2.26. The number of pyridine rings is 1. The third-order valence-electron chi connectivity index (χ3n) is 4.78. The standard InChI is InChI=1S/C23H22FN3O3/c1-25-22(29)17-4-2-3-16(13-17)20(15-5-8-19(24)9-6-15)11-12-26-23(30)18-7-10-21(28)27-14-18/h2-10,13-14,20H,11-12H2,1H3,(H,25,29)(H,26,30)(H,27,28). The first kappa shape index (κ1) is 21.0. The normalized spacial score (nSPS) is 11.5. The van der Waals surface area contributed by atoms with Crippen molar-refractivity contribution in [3.8, 4) is 5.88 Å². The molecule has 0 aliphatic rings. The summed E-state index contributed by atoms with van der Waals surface area (Å²) in [6.45, 7) is 0.353. The summed E-state index contributed by atoms with van der Waals surface area (Å²) in [4.78, 5) is 28.0. The van der Waals surface area contributed by atoms with Gasteiger partial charge in [0, 0.05) is 37.3 Å². The molecule has 3 N–H and O–H groups in total. The molecule has 0 saturated carbocycles. The minimum Gasteiger partial charge on any atom is -0.493 e. The van der Waals surface area contributed by atoms with Crippen molar-refractivity contribution in [2.45, 2.75) is 12.3 Å². The third kappa shape index (κ3) is 5.20. The van der Waals surface area contributed by atoms with E-state index in [4.69, 9.17) is 0 Å². The largest absolute Gasteiger partial charge is 0.493 e. The Morgan fingerprint density at radius 3 is 2.43 bits per heavy atom. The van der Waals surface area contributed by atoms with Crippen molar-refractivity contribution < 1.29 is 19.1 Å². The molecule has 3 rings (SSSR count). The van der Waals surface area contributed by atoms with E-state index >= 15 is 0 Å². The van der Waals surface area contributed by atoms with Gasteiger partial charge in [-0.25, -0.2) is 9.37 Å². The number of aromatic nitrogens is 1.